The Hall–Kier alpha value is -1.64. The van der Waals surface area contributed by atoms with Gasteiger partial charge in [0.05, 0.1) is 20.8 Å². The summed E-state index contributed by atoms with van der Waals surface area (Å²) in [7, 11) is -1.93. The first-order chi connectivity index (χ1) is 9.89. The van der Waals surface area contributed by atoms with E-state index in [2.05, 4.69) is 19.6 Å². The number of methoxy groups -OCH3 is 2. The van der Waals surface area contributed by atoms with Crippen molar-refractivity contribution in [3.8, 4) is 11.5 Å². The predicted octanol–water partition coefficient (Wildman–Crippen LogP) is 0.229. The number of aliphatic hydroxyl groups is 1. The van der Waals surface area contributed by atoms with Gasteiger partial charge in [-0.2, -0.15) is 0 Å². The quantitative estimate of drug-likeness (QED) is 0.203. The number of nitrogens with one attached hydrogen (secondary N) is 1. The number of rotatable bonds is 8. The SMILES string of the molecule is COC(=O)CNC(O)P(=O)(O)OOc1ccc(OC)cc1. The molecule has 0 saturated carbocycles. The second kappa shape index (κ2) is 7.96. The molecule has 0 saturated heterocycles. The lowest BCUT2D eigenvalue weighted by molar-refractivity contribution is -0.140. The Morgan fingerprint density at radius 1 is 1.29 bits per heavy atom. The zero-order valence-electron chi connectivity index (χ0n) is 11.4. The van der Waals surface area contributed by atoms with Crippen LogP contribution < -0.4 is 14.9 Å². The van der Waals surface area contributed by atoms with E-state index in [-0.39, 0.29) is 5.75 Å². The third kappa shape index (κ3) is 5.70. The summed E-state index contributed by atoms with van der Waals surface area (Å²) in [5.41, 5.74) is 0. The molecule has 0 bridgehead atoms. The number of esters is 1. The number of carbonyl (C=O) groups excluding carboxylic acids is 1. The topological polar surface area (TPSA) is 124 Å². The van der Waals surface area contributed by atoms with E-state index in [0.717, 1.165) is 7.11 Å². The Morgan fingerprint density at radius 2 is 1.86 bits per heavy atom. The summed E-state index contributed by atoms with van der Waals surface area (Å²) in [6, 6.07) is 5.97. The van der Waals surface area contributed by atoms with Crippen molar-refractivity contribution in [3.05, 3.63) is 24.3 Å². The fourth-order valence-corrected chi connectivity index (χ4v) is 1.73. The summed E-state index contributed by atoms with van der Waals surface area (Å²) in [6.45, 7) is -0.464. The fraction of sp³-hybridized carbons (Fsp3) is 0.364. The molecule has 0 amide bonds. The molecule has 2 atom stereocenters. The Bertz CT molecular complexity index is 505. The molecule has 0 aliphatic heterocycles. The van der Waals surface area contributed by atoms with Crippen LogP contribution in [0, 0.1) is 0 Å². The average molecular weight is 321 g/mol. The third-order valence-electron chi connectivity index (χ3n) is 2.27. The van der Waals surface area contributed by atoms with Gasteiger partial charge in [0.2, 0.25) is 5.97 Å². The summed E-state index contributed by atoms with van der Waals surface area (Å²) in [5, 5.41) is 11.5. The van der Waals surface area contributed by atoms with Gasteiger partial charge in [-0.25, -0.2) is 0 Å². The van der Waals surface area contributed by atoms with E-state index < -0.39 is 26.1 Å². The molecular weight excluding hydrogens is 305 g/mol. The number of carbonyl (C=O) groups is 1. The summed E-state index contributed by atoms with van der Waals surface area (Å²) in [4.78, 5) is 24.9. The molecule has 10 heteroatoms. The van der Waals surface area contributed by atoms with E-state index in [4.69, 9.17) is 4.74 Å². The molecule has 0 aliphatic carbocycles. The van der Waals surface area contributed by atoms with Crippen molar-refractivity contribution in [2.75, 3.05) is 20.8 Å². The number of ether oxygens (including phenoxy) is 2. The average Bonchev–Trinajstić information content (AvgIpc) is 2.50. The highest BCUT2D eigenvalue weighted by Gasteiger charge is 2.33. The number of hydrogen-bond donors (Lipinski definition) is 3. The van der Waals surface area contributed by atoms with Crippen LogP contribution in [0.2, 0.25) is 0 Å². The fourth-order valence-electron chi connectivity index (χ4n) is 1.13. The van der Waals surface area contributed by atoms with E-state index in [9.17, 15) is 19.4 Å². The van der Waals surface area contributed by atoms with Gasteiger partial charge in [-0.15, -0.1) is 0 Å². The number of benzene rings is 1. The first-order valence-electron chi connectivity index (χ1n) is 5.70. The van der Waals surface area contributed by atoms with Gasteiger partial charge in [-0.1, -0.05) is 4.67 Å². The van der Waals surface area contributed by atoms with Crippen LogP contribution in [0.5, 0.6) is 11.5 Å². The second-order valence-electron chi connectivity index (χ2n) is 3.73. The Balaban J connectivity index is 2.50. The minimum atomic E-state index is -4.55. The first-order valence-corrected chi connectivity index (χ1v) is 7.35. The van der Waals surface area contributed by atoms with E-state index in [0.29, 0.717) is 5.75 Å². The van der Waals surface area contributed by atoms with Gasteiger partial charge in [0, 0.05) is 0 Å². The molecule has 1 rings (SSSR count). The molecule has 0 heterocycles. The van der Waals surface area contributed by atoms with E-state index in [1.807, 2.05) is 0 Å². The predicted molar refractivity (Wildman–Crippen MR) is 70.6 cm³/mol. The van der Waals surface area contributed by atoms with Crippen molar-refractivity contribution < 1.29 is 38.4 Å². The van der Waals surface area contributed by atoms with Gasteiger partial charge in [-0.05, 0) is 24.3 Å². The zero-order chi connectivity index (χ0) is 15.9. The van der Waals surface area contributed by atoms with Crippen molar-refractivity contribution in [3.63, 3.8) is 0 Å². The molecule has 2 unspecified atom stereocenters. The molecule has 1 aromatic rings. The zero-order valence-corrected chi connectivity index (χ0v) is 12.3. The third-order valence-corrected chi connectivity index (χ3v) is 3.35. The molecule has 3 N–H and O–H groups in total. The number of hydrogen-bond acceptors (Lipinski definition) is 8. The van der Waals surface area contributed by atoms with Crippen LogP contribution in [0.25, 0.3) is 0 Å². The van der Waals surface area contributed by atoms with Crippen LogP contribution in [-0.4, -0.2) is 42.7 Å². The summed E-state index contributed by atoms with van der Waals surface area (Å²) in [6.07, 6.45) is 0. The molecule has 0 aromatic heterocycles. The van der Waals surface area contributed by atoms with Crippen LogP contribution in [-0.2, 0) is 18.8 Å². The molecule has 21 heavy (non-hydrogen) atoms. The van der Waals surface area contributed by atoms with Crippen molar-refractivity contribution in [2.24, 2.45) is 0 Å². The molecule has 1 aromatic carbocycles. The van der Waals surface area contributed by atoms with Crippen LogP contribution in [0.4, 0.5) is 0 Å². The summed E-state index contributed by atoms with van der Waals surface area (Å²) < 4.78 is 25.2. The minimum Gasteiger partial charge on any atom is -0.497 e. The minimum absolute atomic E-state index is 0.130. The van der Waals surface area contributed by atoms with Crippen LogP contribution in [0.1, 0.15) is 0 Å². The lowest BCUT2D eigenvalue weighted by Crippen LogP contribution is -2.34. The maximum Gasteiger partial charge on any atom is 0.408 e. The highest BCUT2D eigenvalue weighted by molar-refractivity contribution is 7.53. The normalized spacial score (nSPS) is 14.9. The molecule has 0 radical (unpaired) electrons. The molecule has 0 aliphatic rings. The molecule has 9 nitrogen and oxygen atoms in total. The van der Waals surface area contributed by atoms with Crippen molar-refractivity contribution in [1.29, 1.82) is 0 Å². The highest BCUT2D eigenvalue weighted by atomic mass is 31.2. The largest absolute Gasteiger partial charge is 0.497 e. The van der Waals surface area contributed by atoms with E-state index in [1.165, 1.54) is 19.2 Å². The second-order valence-corrected chi connectivity index (χ2v) is 5.49. The molecular formula is C11H16NO8P. The summed E-state index contributed by atoms with van der Waals surface area (Å²) in [5.74, 6) is -2.03. The first kappa shape index (κ1) is 17.4. The lowest BCUT2D eigenvalue weighted by atomic mass is 10.3. The molecule has 0 fully saturated rings. The Morgan fingerprint density at radius 3 is 2.38 bits per heavy atom. The lowest BCUT2D eigenvalue weighted by Gasteiger charge is -2.17. The van der Waals surface area contributed by atoms with Crippen molar-refractivity contribution in [1.82, 2.24) is 5.32 Å². The van der Waals surface area contributed by atoms with Gasteiger partial charge in [0.1, 0.15) is 5.75 Å². The maximum absolute atomic E-state index is 11.6. The molecule has 118 valence electrons. The van der Waals surface area contributed by atoms with Gasteiger partial charge < -0.3 is 24.4 Å². The van der Waals surface area contributed by atoms with Gasteiger partial charge >= 0.3 is 13.6 Å². The highest BCUT2D eigenvalue weighted by Crippen LogP contribution is 2.45. The Labute approximate surface area is 120 Å². The van der Waals surface area contributed by atoms with E-state index in [1.54, 1.807) is 12.1 Å². The number of aliphatic hydroxyl groups excluding tert-OH is 1. The van der Waals surface area contributed by atoms with Gasteiger partial charge in [0.15, 0.2) is 5.75 Å². The van der Waals surface area contributed by atoms with Crippen molar-refractivity contribution >= 4 is 13.6 Å². The standard InChI is InChI=1S/C11H16NO8P/c1-17-8-3-5-9(6-4-8)19-20-21(15,16)11(14)12-7-10(13)18-2/h3-6,11-12,14H,7H2,1-2H3,(H,15,16). The molecule has 0 spiro atoms. The van der Waals surface area contributed by atoms with Gasteiger partial charge in [-0.3, -0.25) is 14.7 Å². The van der Waals surface area contributed by atoms with Crippen molar-refractivity contribution in [2.45, 2.75) is 5.97 Å². The van der Waals surface area contributed by atoms with Crippen LogP contribution in [0.15, 0.2) is 24.3 Å². The van der Waals surface area contributed by atoms with E-state index >= 15 is 0 Å². The summed E-state index contributed by atoms with van der Waals surface area (Å²) >= 11 is 0. The maximum atomic E-state index is 11.6. The van der Waals surface area contributed by atoms with Crippen LogP contribution >= 0.6 is 7.60 Å². The monoisotopic (exact) mass is 321 g/mol. The smallest absolute Gasteiger partial charge is 0.408 e. The Kier molecular flexibility index (Phi) is 6.60. The van der Waals surface area contributed by atoms with Gasteiger partial charge in [0.25, 0.3) is 0 Å². The van der Waals surface area contributed by atoms with Crippen LogP contribution in [0.3, 0.4) is 0 Å².